The van der Waals surface area contributed by atoms with Gasteiger partial charge in [0.15, 0.2) is 0 Å². The molecular formula is C12H18ClN. The fourth-order valence-corrected chi connectivity index (χ4v) is 2.01. The molecule has 0 amide bonds. The van der Waals surface area contributed by atoms with Gasteiger partial charge >= 0.3 is 0 Å². The largest absolute Gasteiger partial charge is 0.316 e. The Kier molecular flexibility index (Phi) is 3.97. The van der Waals surface area contributed by atoms with Crippen LogP contribution >= 0.6 is 12.4 Å². The van der Waals surface area contributed by atoms with E-state index in [1.54, 1.807) is 0 Å². The lowest BCUT2D eigenvalue weighted by Crippen LogP contribution is -2.54. The average molecular weight is 212 g/mol. The van der Waals surface area contributed by atoms with E-state index in [9.17, 15) is 0 Å². The number of benzene rings is 1. The average Bonchev–Trinajstić information content (AvgIpc) is 2.13. The summed E-state index contributed by atoms with van der Waals surface area (Å²) in [7, 11) is 0. The molecule has 0 radical (unpaired) electrons. The zero-order valence-corrected chi connectivity index (χ0v) is 9.44. The summed E-state index contributed by atoms with van der Waals surface area (Å²) in [5, 5.41) is 3.37. The van der Waals surface area contributed by atoms with Crippen LogP contribution in [0.2, 0.25) is 0 Å². The minimum Gasteiger partial charge on any atom is -0.316 e. The number of hydrogen-bond donors (Lipinski definition) is 1. The standard InChI is InChI=1S/C12H17N.ClH/c1-2-12(9-13-10-12)8-11-6-4-3-5-7-11;/h3-7,13H,2,8-10H2,1H3;1H. The Balaban J connectivity index is 0.000000980. The summed E-state index contributed by atoms with van der Waals surface area (Å²) in [6.45, 7) is 4.68. The van der Waals surface area contributed by atoms with Gasteiger partial charge in [-0.05, 0) is 23.8 Å². The number of hydrogen-bond acceptors (Lipinski definition) is 1. The predicted octanol–water partition coefficient (Wildman–Crippen LogP) is 2.65. The van der Waals surface area contributed by atoms with Crippen LogP contribution in [0.1, 0.15) is 18.9 Å². The second kappa shape index (κ2) is 4.81. The first kappa shape index (κ1) is 11.5. The Hall–Kier alpha value is -0.530. The first-order valence-corrected chi connectivity index (χ1v) is 5.09. The predicted molar refractivity (Wildman–Crippen MR) is 63.0 cm³/mol. The van der Waals surface area contributed by atoms with Crippen molar-refractivity contribution in [2.75, 3.05) is 13.1 Å². The molecule has 0 aromatic heterocycles. The lowest BCUT2D eigenvalue weighted by molar-refractivity contribution is 0.160. The third-order valence-corrected chi connectivity index (χ3v) is 3.17. The molecule has 0 unspecified atom stereocenters. The molecule has 0 aliphatic carbocycles. The van der Waals surface area contributed by atoms with E-state index < -0.39 is 0 Å². The van der Waals surface area contributed by atoms with Crippen molar-refractivity contribution >= 4 is 12.4 Å². The maximum atomic E-state index is 3.37. The summed E-state index contributed by atoms with van der Waals surface area (Å²) in [5.41, 5.74) is 2.03. The van der Waals surface area contributed by atoms with Gasteiger partial charge < -0.3 is 5.32 Å². The molecule has 1 aromatic rings. The highest BCUT2D eigenvalue weighted by Gasteiger charge is 2.34. The van der Waals surface area contributed by atoms with Gasteiger partial charge in [0.2, 0.25) is 0 Å². The van der Waals surface area contributed by atoms with E-state index in [4.69, 9.17) is 0 Å². The van der Waals surface area contributed by atoms with Gasteiger partial charge in [-0.15, -0.1) is 12.4 Å². The fraction of sp³-hybridized carbons (Fsp3) is 0.500. The number of halogens is 1. The van der Waals surface area contributed by atoms with Crippen LogP contribution in [0.15, 0.2) is 30.3 Å². The van der Waals surface area contributed by atoms with Crippen LogP contribution < -0.4 is 5.32 Å². The molecule has 2 heteroatoms. The maximum Gasteiger partial charge on any atom is 0.00233 e. The van der Waals surface area contributed by atoms with Gasteiger partial charge in [0.1, 0.15) is 0 Å². The molecule has 1 aliphatic heterocycles. The molecule has 0 atom stereocenters. The molecule has 1 nitrogen and oxygen atoms in total. The smallest absolute Gasteiger partial charge is 0.00233 e. The third kappa shape index (κ3) is 2.28. The van der Waals surface area contributed by atoms with Gasteiger partial charge in [0, 0.05) is 13.1 Å². The van der Waals surface area contributed by atoms with E-state index >= 15 is 0 Å². The number of rotatable bonds is 3. The zero-order valence-electron chi connectivity index (χ0n) is 8.62. The Morgan fingerprint density at radius 3 is 2.29 bits per heavy atom. The minimum absolute atomic E-state index is 0. The quantitative estimate of drug-likeness (QED) is 0.811. The molecule has 14 heavy (non-hydrogen) atoms. The zero-order chi connectivity index (χ0) is 9.15. The second-order valence-corrected chi connectivity index (χ2v) is 4.12. The molecular weight excluding hydrogens is 194 g/mol. The van der Waals surface area contributed by atoms with Crippen LogP contribution in [0.25, 0.3) is 0 Å². The monoisotopic (exact) mass is 211 g/mol. The molecule has 0 saturated carbocycles. The van der Waals surface area contributed by atoms with Gasteiger partial charge in [-0.3, -0.25) is 0 Å². The van der Waals surface area contributed by atoms with E-state index in [2.05, 4.69) is 42.6 Å². The maximum absolute atomic E-state index is 3.37. The third-order valence-electron chi connectivity index (χ3n) is 3.17. The highest BCUT2D eigenvalue weighted by atomic mass is 35.5. The van der Waals surface area contributed by atoms with Crippen molar-refractivity contribution in [3.8, 4) is 0 Å². The van der Waals surface area contributed by atoms with E-state index in [-0.39, 0.29) is 12.4 Å². The van der Waals surface area contributed by atoms with E-state index in [0.29, 0.717) is 5.41 Å². The first-order chi connectivity index (χ1) is 6.35. The van der Waals surface area contributed by atoms with Crippen LogP contribution in [0.5, 0.6) is 0 Å². The molecule has 1 aliphatic rings. The summed E-state index contributed by atoms with van der Waals surface area (Å²) < 4.78 is 0. The van der Waals surface area contributed by atoms with Crippen molar-refractivity contribution in [3.05, 3.63) is 35.9 Å². The summed E-state index contributed by atoms with van der Waals surface area (Å²) >= 11 is 0. The summed E-state index contributed by atoms with van der Waals surface area (Å²) in [5.74, 6) is 0. The minimum atomic E-state index is 0. The van der Waals surface area contributed by atoms with Crippen LogP contribution in [-0.4, -0.2) is 13.1 Å². The molecule has 2 rings (SSSR count). The van der Waals surface area contributed by atoms with Crippen molar-refractivity contribution in [2.45, 2.75) is 19.8 Å². The van der Waals surface area contributed by atoms with Crippen molar-refractivity contribution < 1.29 is 0 Å². The van der Waals surface area contributed by atoms with Gasteiger partial charge in [0.05, 0.1) is 0 Å². The lowest BCUT2D eigenvalue weighted by atomic mass is 9.74. The normalized spacial score (nSPS) is 18.1. The topological polar surface area (TPSA) is 12.0 Å². The van der Waals surface area contributed by atoms with Crippen molar-refractivity contribution in [1.82, 2.24) is 5.32 Å². The SMILES string of the molecule is CCC1(Cc2ccccc2)CNC1.Cl. The molecule has 1 heterocycles. The molecule has 1 saturated heterocycles. The van der Waals surface area contributed by atoms with Crippen LogP contribution in [0.3, 0.4) is 0 Å². The Labute approximate surface area is 92.3 Å². The van der Waals surface area contributed by atoms with Gasteiger partial charge in [0.25, 0.3) is 0 Å². The van der Waals surface area contributed by atoms with Crippen molar-refractivity contribution in [1.29, 1.82) is 0 Å². The molecule has 0 spiro atoms. The van der Waals surface area contributed by atoms with E-state index in [1.165, 1.54) is 31.5 Å². The Morgan fingerprint density at radius 2 is 1.86 bits per heavy atom. The molecule has 1 aromatic carbocycles. The molecule has 1 N–H and O–H groups in total. The summed E-state index contributed by atoms with van der Waals surface area (Å²) in [4.78, 5) is 0. The fourth-order valence-electron chi connectivity index (χ4n) is 2.01. The molecule has 78 valence electrons. The Morgan fingerprint density at radius 1 is 1.21 bits per heavy atom. The number of nitrogens with one attached hydrogen (secondary N) is 1. The second-order valence-electron chi connectivity index (χ2n) is 4.12. The summed E-state index contributed by atoms with van der Waals surface area (Å²) in [6, 6.07) is 10.8. The van der Waals surface area contributed by atoms with Gasteiger partial charge in [-0.1, -0.05) is 37.3 Å². The first-order valence-electron chi connectivity index (χ1n) is 5.09. The van der Waals surface area contributed by atoms with Crippen LogP contribution in [-0.2, 0) is 6.42 Å². The highest BCUT2D eigenvalue weighted by molar-refractivity contribution is 5.85. The molecule has 1 fully saturated rings. The van der Waals surface area contributed by atoms with E-state index in [0.717, 1.165) is 0 Å². The Bertz CT molecular complexity index is 261. The van der Waals surface area contributed by atoms with Crippen molar-refractivity contribution in [3.63, 3.8) is 0 Å². The lowest BCUT2D eigenvalue weighted by Gasteiger charge is -2.42. The van der Waals surface area contributed by atoms with Gasteiger partial charge in [-0.2, -0.15) is 0 Å². The highest BCUT2D eigenvalue weighted by Crippen LogP contribution is 2.30. The van der Waals surface area contributed by atoms with Crippen LogP contribution in [0.4, 0.5) is 0 Å². The molecule has 0 bridgehead atoms. The van der Waals surface area contributed by atoms with E-state index in [1.807, 2.05) is 0 Å². The van der Waals surface area contributed by atoms with Gasteiger partial charge in [-0.25, -0.2) is 0 Å². The van der Waals surface area contributed by atoms with Crippen molar-refractivity contribution in [2.24, 2.45) is 5.41 Å². The summed E-state index contributed by atoms with van der Waals surface area (Å²) in [6.07, 6.45) is 2.52. The van der Waals surface area contributed by atoms with Crippen LogP contribution in [0, 0.1) is 5.41 Å².